The second-order valence-corrected chi connectivity index (χ2v) is 11.4. The van der Waals surface area contributed by atoms with Crippen molar-refractivity contribution in [2.24, 2.45) is 0 Å². The van der Waals surface area contributed by atoms with Gasteiger partial charge in [0.15, 0.2) is 0 Å². The zero-order valence-electron chi connectivity index (χ0n) is 24.0. The van der Waals surface area contributed by atoms with E-state index in [4.69, 9.17) is 10.2 Å². The van der Waals surface area contributed by atoms with Crippen molar-refractivity contribution in [2.75, 3.05) is 0 Å². The summed E-state index contributed by atoms with van der Waals surface area (Å²) in [7, 11) is 0. The van der Waals surface area contributed by atoms with Gasteiger partial charge in [0.05, 0.1) is 11.1 Å². The molecule has 0 spiro atoms. The zero-order valence-corrected chi connectivity index (χ0v) is 26.4. The molecule has 0 atom stereocenters. The Bertz CT molecular complexity index is 1190. The molecule has 0 heterocycles. The topological polar surface area (TPSA) is 40.5 Å². The van der Waals surface area contributed by atoms with Crippen molar-refractivity contribution >= 4 is 3.71 Å². The van der Waals surface area contributed by atoms with Crippen molar-refractivity contribution in [2.45, 2.75) is 70.6 Å². The van der Waals surface area contributed by atoms with E-state index in [1.165, 1.54) is 75.6 Å². The van der Waals surface area contributed by atoms with Crippen LogP contribution < -0.4 is 0 Å². The number of phenolic OH excluding ortho intramolecular Hbond substituents is 2. The van der Waals surface area contributed by atoms with E-state index in [-0.39, 0.29) is 11.5 Å². The van der Waals surface area contributed by atoms with Crippen LogP contribution in [-0.2, 0) is 62.3 Å². The van der Waals surface area contributed by atoms with E-state index in [1.54, 1.807) is 22.3 Å². The summed E-state index contributed by atoms with van der Waals surface area (Å²) in [5, 5.41) is 17.3. The molecule has 0 saturated carbocycles. The molecule has 0 amide bonds. The van der Waals surface area contributed by atoms with Gasteiger partial charge in [-0.3, -0.25) is 0 Å². The third-order valence-electron chi connectivity index (χ3n) is 6.69. The van der Waals surface area contributed by atoms with Crippen LogP contribution in [0.15, 0.2) is 84.9 Å². The van der Waals surface area contributed by atoms with Gasteiger partial charge in [0.2, 0.25) is 0 Å². The summed E-state index contributed by atoms with van der Waals surface area (Å²) < 4.78 is 73.1. The first-order chi connectivity index (χ1) is 20.3. The van der Waals surface area contributed by atoms with E-state index in [1.807, 2.05) is 6.92 Å². The number of aromatic hydroxyl groups is 2. The Morgan fingerprint density at radius 1 is 0.581 bits per heavy atom. The summed E-state index contributed by atoms with van der Waals surface area (Å²) in [6, 6.07) is 20.7. The predicted molar refractivity (Wildman–Crippen MR) is 155 cm³/mol. The summed E-state index contributed by atoms with van der Waals surface area (Å²) in [5.74, 6) is -0.337. The molecule has 2 aliphatic carbocycles. The monoisotopic (exact) mass is 680 g/mol. The number of aryl methyl sites for hydroxylation is 4. The number of halogens is 6. The van der Waals surface area contributed by atoms with Crippen molar-refractivity contribution in [1.82, 2.24) is 0 Å². The maximum Gasteiger partial charge on any atom is 0.416 e. The Kier molecular flexibility index (Phi) is 15.2. The quantitative estimate of drug-likeness (QED) is 0.143. The number of benzene rings is 2. The van der Waals surface area contributed by atoms with Gasteiger partial charge < -0.3 is 10.2 Å². The Morgan fingerprint density at radius 2 is 0.884 bits per heavy atom. The fourth-order valence-electron chi connectivity index (χ4n) is 4.53. The van der Waals surface area contributed by atoms with E-state index in [0.29, 0.717) is 0 Å². The molecule has 2 aliphatic rings. The summed E-state index contributed by atoms with van der Waals surface area (Å²) in [6.07, 6.45) is 2.23. The normalized spacial score (nSPS) is 13.5. The van der Waals surface area contributed by atoms with Crippen LogP contribution in [-0.4, -0.2) is 13.9 Å². The molecule has 0 saturated heterocycles. The van der Waals surface area contributed by atoms with Crippen LogP contribution in [0.1, 0.15) is 66.0 Å². The maximum absolute atomic E-state index is 11.8. The SMILES string of the molecule is C[CH]=[Zr+2].Oc1ccc(C(F)(F)F)cc1.Oc1ccc(C(F)(F)F)cc1.c1cc2c([cH-]1)CCCC2.c1cc2c([cH-]1)CCCC2. The largest absolute Gasteiger partial charge is 0.508 e. The number of hydrogen-bond acceptors (Lipinski definition) is 2. The van der Waals surface area contributed by atoms with Crippen molar-refractivity contribution in [3.63, 3.8) is 0 Å². The van der Waals surface area contributed by atoms with Gasteiger partial charge in [-0.25, -0.2) is 12.1 Å². The first kappa shape index (κ1) is 36.3. The van der Waals surface area contributed by atoms with E-state index in [0.717, 1.165) is 48.5 Å². The number of alkyl halides is 6. The average molecular weight is 682 g/mol. The fourth-order valence-corrected chi connectivity index (χ4v) is 4.53. The second-order valence-electron chi connectivity index (χ2n) is 9.94. The zero-order chi connectivity index (χ0) is 31.9. The summed E-state index contributed by atoms with van der Waals surface area (Å²) in [6.45, 7) is 2.04. The van der Waals surface area contributed by atoms with Crippen molar-refractivity contribution in [3.05, 3.63) is 118 Å². The summed E-state index contributed by atoms with van der Waals surface area (Å²) in [4.78, 5) is 0. The number of rotatable bonds is 0. The minimum atomic E-state index is -4.33. The molecule has 0 aliphatic heterocycles. The van der Waals surface area contributed by atoms with Gasteiger partial charge >= 0.3 is 47.2 Å². The molecule has 0 radical (unpaired) electrons. The number of hydrogen-bond donors (Lipinski definition) is 2. The van der Waals surface area contributed by atoms with Crippen LogP contribution in [0.2, 0.25) is 0 Å². The molecule has 43 heavy (non-hydrogen) atoms. The third-order valence-corrected chi connectivity index (χ3v) is 6.69. The first-order valence-corrected chi connectivity index (χ1v) is 15.4. The van der Waals surface area contributed by atoms with E-state index in [2.05, 4.69) is 40.1 Å². The minimum absolute atomic E-state index is 0.169. The van der Waals surface area contributed by atoms with Gasteiger partial charge in [0.25, 0.3) is 0 Å². The Balaban J connectivity index is 0.000000194. The molecule has 0 aromatic heterocycles. The third kappa shape index (κ3) is 13.5. The smallest absolute Gasteiger partial charge is 0.416 e. The van der Waals surface area contributed by atoms with Gasteiger partial charge in [-0.2, -0.15) is 72.9 Å². The van der Waals surface area contributed by atoms with Crippen LogP contribution in [0.3, 0.4) is 0 Å². The molecule has 230 valence electrons. The Morgan fingerprint density at radius 3 is 1.16 bits per heavy atom. The van der Waals surface area contributed by atoms with Crippen LogP contribution in [0.25, 0.3) is 0 Å². The molecule has 2 N–H and O–H groups in total. The molecule has 0 fully saturated rings. The van der Waals surface area contributed by atoms with Crippen molar-refractivity contribution < 1.29 is 60.8 Å². The van der Waals surface area contributed by atoms with E-state index >= 15 is 0 Å². The first-order valence-electron chi connectivity index (χ1n) is 14.0. The van der Waals surface area contributed by atoms with Crippen molar-refractivity contribution in [1.29, 1.82) is 0 Å². The van der Waals surface area contributed by atoms with Gasteiger partial charge in [-0.05, 0) is 48.5 Å². The molecule has 6 rings (SSSR count). The molecule has 4 aromatic carbocycles. The van der Waals surface area contributed by atoms with E-state index in [9.17, 15) is 26.3 Å². The molecule has 0 unspecified atom stereocenters. The van der Waals surface area contributed by atoms with Gasteiger partial charge in [-0.15, -0.1) is 0 Å². The molecular weight excluding hydrogens is 646 g/mol. The predicted octanol–water partition coefficient (Wildman–Crippen LogP) is 9.75. The van der Waals surface area contributed by atoms with Crippen LogP contribution >= 0.6 is 0 Å². The molecule has 2 nitrogen and oxygen atoms in total. The molecule has 4 aromatic rings. The van der Waals surface area contributed by atoms with Gasteiger partial charge in [-0.1, -0.05) is 51.4 Å². The van der Waals surface area contributed by atoms with Crippen LogP contribution in [0.4, 0.5) is 26.3 Å². The summed E-state index contributed by atoms with van der Waals surface area (Å²) >= 11 is 1.51. The second kappa shape index (κ2) is 18.0. The maximum atomic E-state index is 11.8. The van der Waals surface area contributed by atoms with Gasteiger partial charge in [0.1, 0.15) is 11.5 Å². The van der Waals surface area contributed by atoms with Crippen LogP contribution in [0.5, 0.6) is 11.5 Å². The molecular formula is C34H36F6O2Zr. The number of phenols is 2. The fraction of sp³-hybridized carbons (Fsp3) is 0.324. The number of fused-ring (bicyclic) bond motifs is 2. The Labute approximate surface area is 264 Å². The van der Waals surface area contributed by atoms with Crippen LogP contribution in [0, 0.1) is 0 Å². The van der Waals surface area contributed by atoms with E-state index < -0.39 is 23.5 Å². The standard InChI is InChI=1S/2C9H11.2C7H5F3O.C2H4.Zr/c2*1-2-5-9-7-3-6-8(9)4-1;2*8-7(9,10)5-1-3-6(11)4-2-5;1-2;/h2*3,6-7H,1-2,4-5H2;2*1-4,11H;1H,2H3;/q2*-1;;;;+2. The molecule has 0 bridgehead atoms. The summed E-state index contributed by atoms with van der Waals surface area (Å²) in [5.41, 5.74) is 4.88. The Hall–Kier alpha value is -2.93. The van der Waals surface area contributed by atoms with Gasteiger partial charge in [0, 0.05) is 0 Å². The average Bonchev–Trinajstić information content (AvgIpc) is 3.64. The van der Waals surface area contributed by atoms with Crippen molar-refractivity contribution in [3.8, 4) is 11.5 Å². The minimum Gasteiger partial charge on any atom is -0.508 e. The molecule has 9 heteroatoms.